The quantitative estimate of drug-likeness (QED) is 0.667. The standard InChI is InChI=1S/C18H24N2O5/c1-3-19(11-10-18(23)24-4-2)16(21)9-12-20-14-7-5-6-8-15(14)25-13-17(20)22/h5-8H,3-4,9-13H2,1-2H3. The van der Waals surface area contributed by atoms with Gasteiger partial charge in [-0.3, -0.25) is 14.4 Å². The summed E-state index contributed by atoms with van der Waals surface area (Å²) in [7, 11) is 0. The Labute approximate surface area is 147 Å². The van der Waals surface area contributed by atoms with Gasteiger partial charge in [-0.1, -0.05) is 12.1 Å². The summed E-state index contributed by atoms with van der Waals surface area (Å²) in [5.41, 5.74) is 0.682. The van der Waals surface area contributed by atoms with E-state index in [1.807, 2.05) is 19.1 Å². The van der Waals surface area contributed by atoms with Gasteiger partial charge in [0.1, 0.15) is 5.75 Å². The van der Waals surface area contributed by atoms with Crippen LogP contribution in [0.4, 0.5) is 5.69 Å². The zero-order valence-corrected chi connectivity index (χ0v) is 14.7. The molecule has 0 N–H and O–H groups in total. The lowest BCUT2D eigenvalue weighted by atomic mass is 10.2. The van der Waals surface area contributed by atoms with E-state index in [4.69, 9.17) is 9.47 Å². The number of fused-ring (bicyclic) bond motifs is 1. The van der Waals surface area contributed by atoms with Gasteiger partial charge in [-0.2, -0.15) is 0 Å². The second-order valence-electron chi connectivity index (χ2n) is 5.58. The molecule has 0 unspecified atom stereocenters. The number of carbonyl (C=O) groups is 3. The highest BCUT2D eigenvalue weighted by molar-refractivity contribution is 5.98. The maximum atomic E-state index is 12.4. The van der Waals surface area contributed by atoms with Gasteiger partial charge in [-0.25, -0.2) is 0 Å². The molecular formula is C18H24N2O5. The lowest BCUT2D eigenvalue weighted by molar-refractivity contribution is -0.144. The van der Waals surface area contributed by atoms with Crippen LogP contribution >= 0.6 is 0 Å². The lowest BCUT2D eigenvalue weighted by Crippen LogP contribution is -2.42. The molecule has 7 heteroatoms. The average Bonchev–Trinajstić information content (AvgIpc) is 2.61. The molecule has 0 saturated heterocycles. The van der Waals surface area contributed by atoms with Crippen molar-refractivity contribution in [2.45, 2.75) is 26.7 Å². The van der Waals surface area contributed by atoms with Crippen molar-refractivity contribution < 1.29 is 23.9 Å². The van der Waals surface area contributed by atoms with E-state index in [2.05, 4.69) is 0 Å². The normalized spacial score (nSPS) is 13.0. The predicted octanol–water partition coefficient (Wildman–Crippen LogP) is 1.60. The first-order chi connectivity index (χ1) is 12.1. The first-order valence-electron chi connectivity index (χ1n) is 8.52. The lowest BCUT2D eigenvalue weighted by Gasteiger charge is -2.30. The van der Waals surface area contributed by atoms with E-state index in [1.54, 1.807) is 28.9 Å². The Bertz CT molecular complexity index is 632. The van der Waals surface area contributed by atoms with Crippen molar-refractivity contribution in [2.24, 2.45) is 0 Å². The number of nitrogens with zero attached hydrogens (tertiary/aromatic N) is 2. The fraction of sp³-hybridized carbons (Fsp3) is 0.500. The highest BCUT2D eigenvalue weighted by Gasteiger charge is 2.26. The van der Waals surface area contributed by atoms with E-state index >= 15 is 0 Å². The summed E-state index contributed by atoms with van der Waals surface area (Å²) in [6.45, 7) is 5.03. The zero-order chi connectivity index (χ0) is 18.2. The van der Waals surface area contributed by atoms with Gasteiger partial charge in [0.05, 0.1) is 18.7 Å². The number of carbonyl (C=O) groups excluding carboxylic acids is 3. The van der Waals surface area contributed by atoms with Gasteiger partial charge in [0, 0.05) is 26.1 Å². The Hall–Kier alpha value is -2.57. The molecule has 0 spiro atoms. The average molecular weight is 348 g/mol. The van der Waals surface area contributed by atoms with E-state index in [-0.39, 0.29) is 43.8 Å². The minimum Gasteiger partial charge on any atom is -0.482 e. The first-order valence-corrected chi connectivity index (χ1v) is 8.52. The summed E-state index contributed by atoms with van der Waals surface area (Å²) in [6, 6.07) is 7.27. The molecule has 2 rings (SSSR count). The monoisotopic (exact) mass is 348 g/mol. The maximum absolute atomic E-state index is 12.4. The molecule has 0 saturated carbocycles. The van der Waals surface area contributed by atoms with Crippen molar-refractivity contribution in [1.29, 1.82) is 0 Å². The summed E-state index contributed by atoms with van der Waals surface area (Å²) in [6.07, 6.45) is 0.365. The zero-order valence-electron chi connectivity index (χ0n) is 14.7. The first kappa shape index (κ1) is 18.8. The van der Waals surface area contributed by atoms with Gasteiger partial charge in [-0.05, 0) is 26.0 Å². The van der Waals surface area contributed by atoms with Crippen LogP contribution in [0.25, 0.3) is 0 Å². The Morgan fingerprint density at radius 3 is 2.72 bits per heavy atom. The van der Waals surface area contributed by atoms with Gasteiger partial charge >= 0.3 is 5.97 Å². The topological polar surface area (TPSA) is 76.2 Å². The summed E-state index contributed by atoms with van der Waals surface area (Å²) in [5, 5.41) is 0. The third-order valence-electron chi connectivity index (χ3n) is 3.98. The fourth-order valence-corrected chi connectivity index (χ4v) is 2.68. The molecule has 0 radical (unpaired) electrons. The minimum absolute atomic E-state index is 0.0223. The molecule has 136 valence electrons. The van der Waals surface area contributed by atoms with Crippen LogP contribution in [-0.2, 0) is 19.1 Å². The summed E-state index contributed by atoms with van der Waals surface area (Å²) in [4.78, 5) is 39.2. The van der Waals surface area contributed by atoms with Gasteiger partial charge < -0.3 is 19.3 Å². The van der Waals surface area contributed by atoms with Crippen LogP contribution in [-0.4, -0.2) is 55.5 Å². The molecule has 0 atom stereocenters. The fourth-order valence-electron chi connectivity index (χ4n) is 2.68. The van der Waals surface area contributed by atoms with E-state index in [0.29, 0.717) is 31.1 Å². The van der Waals surface area contributed by atoms with Crippen LogP contribution in [0.2, 0.25) is 0 Å². The smallest absolute Gasteiger partial charge is 0.307 e. The number of hydrogen-bond acceptors (Lipinski definition) is 5. The van der Waals surface area contributed by atoms with Crippen molar-refractivity contribution in [3.8, 4) is 5.75 Å². The number of benzene rings is 1. The molecule has 25 heavy (non-hydrogen) atoms. The number of anilines is 1. The molecule has 1 aromatic carbocycles. The van der Waals surface area contributed by atoms with E-state index in [9.17, 15) is 14.4 Å². The van der Waals surface area contributed by atoms with E-state index in [1.165, 1.54) is 0 Å². The van der Waals surface area contributed by atoms with Gasteiger partial charge in [-0.15, -0.1) is 0 Å². The number of rotatable bonds is 8. The van der Waals surface area contributed by atoms with Crippen LogP contribution in [0.15, 0.2) is 24.3 Å². The van der Waals surface area contributed by atoms with Crippen molar-refractivity contribution in [1.82, 2.24) is 4.90 Å². The molecule has 1 aliphatic heterocycles. The predicted molar refractivity (Wildman–Crippen MR) is 92.4 cm³/mol. The molecule has 1 aromatic rings. The number of esters is 1. The van der Waals surface area contributed by atoms with Crippen LogP contribution in [0.5, 0.6) is 5.75 Å². The maximum Gasteiger partial charge on any atom is 0.307 e. The molecule has 1 aliphatic rings. The third-order valence-corrected chi connectivity index (χ3v) is 3.98. The third kappa shape index (κ3) is 4.95. The second kappa shape index (κ2) is 9.05. The summed E-state index contributed by atoms with van der Waals surface area (Å²) < 4.78 is 10.3. The molecule has 1 heterocycles. The molecular weight excluding hydrogens is 324 g/mol. The van der Waals surface area contributed by atoms with E-state index < -0.39 is 0 Å². The van der Waals surface area contributed by atoms with Crippen LogP contribution in [0.1, 0.15) is 26.7 Å². The van der Waals surface area contributed by atoms with Gasteiger partial charge in [0.25, 0.3) is 5.91 Å². The van der Waals surface area contributed by atoms with Crippen molar-refractivity contribution in [3.05, 3.63) is 24.3 Å². The number of para-hydroxylation sites is 2. The van der Waals surface area contributed by atoms with Crippen LogP contribution < -0.4 is 9.64 Å². The Morgan fingerprint density at radius 1 is 1.24 bits per heavy atom. The number of amides is 2. The highest BCUT2D eigenvalue weighted by atomic mass is 16.5. The highest BCUT2D eigenvalue weighted by Crippen LogP contribution is 2.31. The molecule has 0 fully saturated rings. The molecule has 0 bridgehead atoms. The largest absolute Gasteiger partial charge is 0.482 e. The van der Waals surface area contributed by atoms with Gasteiger partial charge in [0.2, 0.25) is 5.91 Å². The van der Waals surface area contributed by atoms with E-state index in [0.717, 1.165) is 0 Å². The number of hydrogen-bond donors (Lipinski definition) is 0. The molecule has 7 nitrogen and oxygen atoms in total. The second-order valence-corrected chi connectivity index (χ2v) is 5.58. The Balaban J connectivity index is 1.92. The van der Waals surface area contributed by atoms with Crippen molar-refractivity contribution in [3.63, 3.8) is 0 Å². The van der Waals surface area contributed by atoms with Gasteiger partial charge in [0.15, 0.2) is 6.61 Å². The SMILES string of the molecule is CCOC(=O)CCN(CC)C(=O)CCN1C(=O)COc2ccccc21. The van der Waals surface area contributed by atoms with Crippen LogP contribution in [0.3, 0.4) is 0 Å². The summed E-state index contributed by atoms with van der Waals surface area (Å²) >= 11 is 0. The summed E-state index contributed by atoms with van der Waals surface area (Å²) in [5.74, 6) is 0.0693. The number of ether oxygens (including phenoxy) is 2. The molecule has 2 amide bonds. The minimum atomic E-state index is -0.314. The van der Waals surface area contributed by atoms with Crippen molar-refractivity contribution >= 4 is 23.5 Å². The Morgan fingerprint density at radius 2 is 2.00 bits per heavy atom. The molecule has 0 aliphatic carbocycles. The van der Waals surface area contributed by atoms with Crippen LogP contribution in [0, 0.1) is 0 Å². The van der Waals surface area contributed by atoms with Crippen molar-refractivity contribution in [2.75, 3.05) is 37.7 Å². The molecule has 0 aromatic heterocycles. The Kier molecular flexibility index (Phi) is 6.80.